The first-order valence-corrected chi connectivity index (χ1v) is 8.25. The number of thiazole rings is 1. The number of nitrogens with zero attached hydrogens (tertiary/aromatic N) is 1. The van der Waals surface area contributed by atoms with Gasteiger partial charge in [0.1, 0.15) is 12.4 Å². The van der Waals surface area contributed by atoms with Crippen LogP contribution in [-0.4, -0.2) is 16.2 Å². The lowest BCUT2D eigenvalue weighted by atomic mass is 10.0. The zero-order valence-electron chi connectivity index (χ0n) is 12.8. The van der Waals surface area contributed by atoms with Crippen LogP contribution in [0.15, 0.2) is 60.2 Å². The van der Waals surface area contributed by atoms with Gasteiger partial charge in [0, 0.05) is 6.20 Å². The summed E-state index contributed by atoms with van der Waals surface area (Å²) in [6.07, 6.45) is 1.75. The van der Waals surface area contributed by atoms with E-state index in [1.165, 1.54) is 11.3 Å². The number of rotatable bonds is 5. The molecule has 0 saturated carbocycles. The van der Waals surface area contributed by atoms with Crippen molar-refractivity contribution >= 4 is 23.1 Å². The van der Waals surface area contributed by atoms with Crippen molar-refractivity contribution < 1.29 is 14.6 Å². The molecule has 0 radical (unpaired) electrons. The third-order valence-corrected chi connectivity index (χ3v) is 4.13. The molecule has 1 amide bonds. The summed E-state index contributed by atoms with van der Waals surface area (Å²) in [7, 11) is 0. The minimum absolute atomic E-state index is 0.00144. The SMILES string of the molecule is O=C(Nc1cc(Cc2ccccc2)ccc1O)OCc1cncs1. The Morgan fingerprint density at radius 2 is 2.00 bits per heavy atom. The van der Waals surface area contributed by atoms with Crippen LogP contribution in [0.2, 0.25) is 0 Å². The number of anilines is 1. The molecule has 0 aliphatic carbocycles. The topological polar surface area (TPSA) is 71.5 Å². The fourth-order valence-electron chi connectivity index (χ4n) is 2.22. The van der Waals surface area contributed by atoms with Gasteiger partial charge >= 0.3 is 6.09 Å². The molecule has 1 aromatic heterocycles. The Balaban J connectivity index is 1.64. The minimum Gasteiger partial charge on any atom is -0.506 e. The van der Waals surface area contributed by atoms with E-state index in [0.29, 0.717) is 12.1 Å². The summed E-state index contributed by atoms with van der Waals surface area (Å²) in [4.78, 5) is 16.6. The first kappa shape index (κ1) is 16.0. The van der Waals surface area contributed by atoms with Crippen LogP contribution in [0.3, 0.4) is 0 Å². The van der Waals surface area contributed by atoms with Crippen molar-refractivity contribution in [2.75, 3.05) is 5.32 Å². The predicted octanol–water partition coefficient (Wildman–Crippen LogP) is 4.19. The molecule has 0 bridgehead atoms. The summed E-state index contributed by atoms with van der Waals surface area (Å²) in [5.74, 6) is 0.00144. The van der Waals surface area contributed by atoms with Crippen molar-refractivity contribution in [3.8, 4) is 5.75 Å². The normalized spacial score (nSPS) is 10.3. The first-order valence-electron chi connectivity index (χ1n) is 7.37. The molecule has 6 heteroatoms. The molecule has 0 atom stereocenters. The molecule has 2 N–H and O–H groups in total. The number of carbonyl (C=O) groups is 1. The molecule has 24 heavy (non-hydrogen) atoms. The number of phenolic OH excluding ortho intramolecular Hbond substituents is 1. The highest BCUT2D eigenvalue weighted by molar-refractivity contribution is 7.09. The lowest BCUT2D eigenvalue weighted by Crippen LogP contribution is -2.13. The fraction of sp³-hybridized carbons (Fsp3) is 0.111. The molecule has 0 fully saturated rings. The van der Waals surface area contributed by atoms with Gasteiger partial charge in [-0.25, -0.2) is 4.79 Å². The monoisotopic (exact) mass is 340 g/mol. The van der Waals surface area contributed by atoms with Gasteiger partial charge in [0.2, 0.25) is 0 Å². The second-order valence-corrected chi connectivity index (χ2v) is 6.15. The van der Waals surface area contributed by atoms with Crippen molar-refractivity contribution in [2.45, 2.75) is 13.0 Å². The van der Waals surface area contributed by atoms with Gasteiger partial charge < -0.3 is 9.84 Å². The Kier molecular flexibility index (Phi) is 5.08. The lowest BCUT2D eigenvalue weighted by molar-refractivity contribution is 0.156. The maximum absolute atomic E-state index is 11.9. The van der Waals surface area contributed by atoms with E-state index in [1.807, 2.05) is 36.4 Å². The smallest absolute Gasteiger partial charge is 0.412 e. The molecular weight excluding hydrogens is 324 g/mol. The van der Waals surface area contributed by atoms with Crippen molar-refractivity contribution in [1.82, 2.24) is 4.98 Å². The number of phenols is 1. The Labute approximate surface area is 143 Å². The van der Waals surface area contributed by atoms with Gasteiger partial charge in [-0.15, -0.1) is 11.3 Å². The van der Waals surface area contributed by atoms with Crippen LogP contribution in [0.1, 0.15) is 16.0 Å². The maximum Gasteiger partial charge on any atom is 0.412 e. The van der Waals surface area contributed by atoms with E-state index in [0.717, 1.165) is 16.0 Å². The number of ether oxygens (including phenoxy) is 1. The third-order valence-electron chi connectivity index (χ3n) is 3.38. The van der Waals surface area contributed by atoms with E-state index in [1.54, 1.807) is 23.8 Å². The summed E-state index contributed by atoms with van der Waals surface area (Å²) in [6.45, 7) is 0.154. The van der Waals surface area contributed by atoms with Gasteiger partial charge in [0.05, 0.1) is 16.1 Å². The van der Waals surface area contributed by atoms with Crippen LogP contribution in [0.4, 0.5) is 10.5 Å². The van der Waals surface area contributed by atoms with Gasteiger partial charge in [-0.2, -0.15) is 0 Å². The summed E-state index contributed by atoms with van der Waals surface area (Å²) >= 11 is 1.41. The van der Waals surface area contributed by atoms with Gasteiger partial charge in [-0.1, -0.05) is 36.4 Å². The second-order valence-electron chi connectivity index (χ2n) is 5.18. The Morgan fingerprint density at radius 1 is 1.17 bits per heavy atom. The molecular formula is C18H16N2O3S. The maximum atomic E-state index is 11.9. The fourth-order valence-corrected chi connectivity index (χ4v) is 2.73. The van der Waals surface area contributed by atoms with E-state index in [2.05, 4.69) is 10.3 Å². The van der Waals surface area contributed by atoms with E-state index in [-0.39, 0.29) is 12.4 Å². The third kappa shape index (κ3) is 4.33. The first-order chi connectivity index (χ1) is 11.7. The number of aromatic nitrogens is 1. The van der Waals surface area contributed by atoms with Crippen molar-refractivity contribution in [3.05, 3.63) is 76.2 Å². The molecule has 0 unspecified atom stereocenters. The summed E-state index contributed by atoms with van der Waals surface area (Å²) < 4.78 is 5.11. The highest BCUT2D eigenvalue weighted by Crippen LogP contribution is 2.25. The van der Waals surface area contributed by atoms with Gasteiger partial charge in [-0.05, 0) is 29.7 Å². The van der Waals surface area contributed by atoms with Crippen LogP contribution in [0.5, 0.6) is 5.75 Å². The predicted molar refractivity (Wildman–Crippen MR) is 93.3 cm³/mol. The number of carbonyl (C=O) groups excluding carboxylic acids is 1. The van der Waals surface area contributed by atoms with Crippen LogP contribution in [0, 0.1) is 0 Å². The quantitative estimate of drug-likeness (QED) is 0.683. The molecule has 2 aromatic carbocycles. The Hall–Kier alpha value is -2.86. The Morgan fingerprint density at radius 3 is 2.75 bits per heavy atom. The number of hydrogen-bond donors (Lipinski definition) is 2. The number of nitrogens with one attached hydrogen (secondary N) is 1. The van der Waals surface area contributed by atoms with Crippen LogP contribution in [-0.2, 0) is 17.8 Å². The van der Waals surface area contributed by atoms with Crippen LogP contribution in [0.25, 0.3) is 0 Å². The van der Waals surface area contributed by atoms with Crippen LogP contribution >= 0.6 is 11.3 Å². The zero-order chi connectivity index (χ0) is 16.8. The van der Waals surface area contributed by atoms with Gasteiger partial charge in [0.15, 0.2) is 0 Å². The number of aromatic hydroxyl groups is 1. The molecule has 122 valence electrons. The second kappa shape index (κ2) is 7.61. The number of benzene rings is 2. The summed E-state index contributed by atoms with van der Waals surface area (Å²) in [5.41, 5.74) is 4.14. The summed E-state index contributed by atoms with van der Waals surface area (Å²) in [6, 6.07) is 15.1. The summed E-state index contributed by atoms with van der Waals surface area (Å²) in [5, 5.41) is 12.5. The molecule has 0 saturated heterocycles. The average Bonchev–Trinajstić information content (AvgIpc) is 3.11. The highest BCUT2D eigenvalue weighted by atomic mass is 32.1. The van der Waals surface area contributed by atoms with Gasteiger partial charge in [0.25, 0.3) is 0 Å². The van der Waals surface area contributed by atoms with Gasteiger partial charge in [-0.3, -0.25) is 10.3 Å². The molecule has 5 nitrogen and oxygen atoms in total. The van der Waals surface area contributed by atoms with E-state index in [9.17, 15) is 9.90 Å². The highest BCUT2D eigenvalue weighted by Gasteiger charge is 2.09. The number of hydrogen-bond acceptors (Lipinski definition) is 5. The van der Waals surface area contributed by atoms with Crippen molar-refractivity contribution in [1.29, 1.82) is 0 Å². The molecule has 1 heterocycles. The molecule has 0 aliphatic rings. The molecule has 3 aromatic rings. The molecule has 0 spiro atoms. The average molecular weight is 340 g/mol. The zero-order valence-corrected chi connectivity index (χ0v) is 13.6. The van der Waals surface area contributed by atoms with E-state index in [4.69, 9.17) is 4.74 Å². The Bertz CT molecular complexity index is 804. The van der Waals surface area contributed by atoms with E-state index < -0.39 is 6.09 Å². The standard InChI is InChI=1S/C18H16N2O3S/c21-17-7-6-14(8-13-4-2-1-3-5-13)9-16(17)20-18(22)23-11-15-10-19-12-24-15/h1-7,9-10,12,21H,8,11H2,(H,20,22). The minimum atomic E-state index is -0.615. The lowest BCUT2D eigenvalue weighted by Gasteiger charge is -2.10. The molecule has 3 rings (SSSR count). The largest absolute Gasteiger partial charge is 0.506 e. The number of amides is 1. The molecule has 0 aliphatic heterocycles. The van der Waals surface area contributed by atoms with Crippen molar-refractivity contribution in [2.24, 2.45) is 0 Å². The van der Waals surface area contributed by atoms with E-state index >= 15 is 0 Å². The van der Waals surface area contributed by atoms with Crippen molar-refractivity contribution in [3.63, 3.8) is 0 Å². The van der Waals surface area contributed by atoms with Crippen LogP contribution < -0.4 is 5.32 Å².